The van der Waals surface area contributed by atoms with E-state index in [9.17, 15) is 13.7 Å². The van der Waals surface area contributed by atoms with E-state index in [1.807, 2.05) is 42.5 Å². The Bertz CT molecular complexity index is 1660. The van der Waals surface area contributed by atoms with Crippen LogP contribution in [0.5, 0.6) is 5.88 Å². The second kappa shape index (κ2) is 10.2. The van der Waals surface area contributed by atoms with E-state index in [2.05, 4.69) is 21.4 Å². The fourth-order valence-corrected chi connectivity index (χ4v) is 5.43. The predicted octanol–water partition coefficient (Wildman–Crippen LogP) is 5.57. The topological polar surface area (TPSA) is 130 Å². The molecule has 11 heteroatoms. The van der Waals surface area contributed by atoms with Crippen molar-refractivity contribution >= 4 is 50.0 Å². The van der Waals surface area contributed by atoms with Crippen LogP contribution in [0.2, 0.25) is 5.02 Å². The number of primary sulfonamides is 1. The first kappa shape index (κ1) is 24.7. The Morgan fingerprint density at radius 3 is 2.43 bits per heavy atom. The molecule has 37 heavy (non-hydrogen) atoms. The third kappa shape index (κ3) is 5.40. The van der Waals surface area contributed by atoms with E-state index in [1.54, 1.807) is 30.5 Å². The summed E-state index contributed by atoms with van der Waals surface area (Å²) in [6.45, 7) is 0. The number of benzene rings is 3. The second-order valence-corrected chi connectivity index (χ2v) is 11.0. The van der Waals surface area contributed by atoms with Crippen LogP contribution in [0.3, 0.4) is 0 Å². The standard InChI is InChI=1S/C26H18ClN5O3S2/c27-18-8-6-17(7-9-18)22-21(14-28)24(30-15-16-4-2-1-3-5-16)35-25-23(22)36-26(32-25)31-19-10-12-20(13-11-19)37(29,33)34/h1-13,15,22H,(H,31,32)(H2,29,33,34)/b30-15+. The smallest absolute Gasteiger partial charge is 0.238 e. The van der Waals surface area contributed by atoms with Gasteiger partial charge in [-0.25, -0.2) is 18.5 Å². The molecule has 0 fully saturated rings. The van der Waals surface area contributed by atoms with Crippen molar-refractivity contribution < 1.29 is 13.2 Å². The highest BCUT2D eigenvalue weighted by atomic mass is 35.5. The molecule has 0 radical (unpaired) electrons. The van der Waals surface area contributed by atoms with E-state index in [4.69, 9.17) is 21.5 Å². The highest BCUT2D eigenvalue weighted by Crippen LogP contribution is 2.47. The number of sulfonamides is 1. The third-order valence-electron chi connectivity index (χ3n) is 5.48. The van der Waals surface area contributed by atoms with Gasteiger partial charge in [-0.15, -0.1) is 0 Å². The van der Waals surface area contributed by atoms with Crippen LogP contribution in [0.1, 0.15) is 21.9 Å². The van der Waals surface area contributed by atoms with Gasteiger partial charge in [-0.2, -0.15) is 10.2 Å². The summed E-state index contributed by atoms with van der Waals surface area (Å²) in [6.07, 6.45) is 1.63. The average Bonchev–Trinajstić information content (AvgIpc) is 3.29. The molecule has 0 bridgehead atoms. The molecule has 5 rings (SSSR count). The molecule has 3 N–H and O–H groups in total. The number of nitrogens with two attached hydrogens (primary N) is 1. The molecule has 3 aromatic carbocycles. The normalized spacial score (nSPS) is 15.2. The van der Waals surface area contributed by atoms with Crippen molar-refractivity contribution in [2.24, 2.45) is 10.1 Å². The summed E-state index contributed by atoms with van der Waals surface area (Å²) in [4.78, 5) is 9.80. The van der Waals surface area contributed by atoms with Crippen LogP contribution in [0, 0.1) is 11.3 Å². The zero-order valence-electron chi connectivity index (χ0n) is 19.0. The first-order valence-electron chi connectivity index (χ1n) is 10.9. The van der Waals surface area contributed by atoms with Gasteiger partial charge in [0.15, 0.2) is 5.13 Å². The van der Waals surface area contributed by atoms with Crippen LogP contribution in [-0.2, 0) is 10.0 Å². The Morgan fingerprint density at radius 2 is 1.78 bits per heavy atom. The number of halogens is 1. The molecule has 0 saturated heterocycles. The van der Waals surface area contributed by atoms with E-state index >= 15 is 0 Å². The number of anilines is 2. The summed E-state index contributed by atoms with van der Waals surface area (Å²) in [6, 6.07) is 25.0. The summed E-state index contributed by atoms with van der Waals surface area (Å²) in [5.41, 5.74) is 2.64. The maximum absolute atomic E-state index is 11.5. The average molecular weight is 548 g/mol. The number of hydrogen-bond acceptors (Lipinski definition) is 8. The van der Waals surface area contributed by atoms with Gasteiger partial charge in [0.1, 0.15) is 11.6 Å². The Labute approximate surface area is 222 Å². The van der Waals surface area contributed by atoms with Crippen molar-refractivity contribution in [3.63, 3.8) is 0 Å². The first-order chi connectivity index (χ1) is 17.8. The summed E-state index contributed by atoms with van der Waals surface area (Å²) < 4.78 is 29.1. The predicted molar refractivity (Wildman–Crippen MR) is 144 cm³/mol. The number of nitrogens with zero attached hydrogens (tertiary/aromatic N) is 3. The number of ether oxygens (including phenoxy) is 1. The molecule has 1 aromatic heterocycles. The minimum absolute atomic E-state index is 0.00593. The van der Waals surface area contributed by atoms with Crippen molar-refractivity contribution in [2.45, 2.75) is 10.8 Å². The molecule has 1 aliphatic rings. The number of hydrogen-bond donors (Lipinski definition) is 2. The Kier molecular flexibility index (Phi) is 6.78. The molecular formula is C26H18ClN5O3S2. The van der Waals surface area contributed by atoms with Gasteiger partial charge >= 0.3 is 0 Å². The molecular weight excluding hydrogens is 530 g/mol. The van der Waals surface area contributed by atoms with Crippen molar-refractivity contribution in [3.8, 4) is 11.9 Å². The van der Waals surface area contributed by atoms with Crippen molar-refractivity contribution in [3.05, 3.63) is 111 Å². The van der Waals surface area contributed by atoms with Crippen LogP contribution in [-0.4, -0.2) is 19.6 Å². The van der Waals surface area contributed by atoms with E-state index in [-0.39, 0.29) is 10.8 Å². The number of nitriles is 1. The molecule has 8 nitrogen and oxygen atoms in total. The van der Waals surface area contributed by atoms with Gasteiger partial charge < -0.3 is 10.1 Å². The Hall–Kier alpha value is -4.01. The fraction of sp³-hybridized carbons (Fsp3) is 0.0385. The molecule has 1 aliphatic heterocycles. The number of thiazole rings is 1. The first-order valence-corrected chi connectivity index (χ1v) is 13.6. The van der Waals surface area contributed by atoms with Gasteiger partial charge in [-0.05, 0) is 47.5 Å². The summed E-state index contributed by atoms with van der Waals surface area (Å²) in [5, 5.41) is 19.5. The molecule has 0 aliphatic carbocycles. The van der Waals surface area contributed by atoms with E-state index in [1.165, 1.54) is 23.5 Å². The van der Waals surface area contributed by atoms with Crippen LogP contribution >= 0.6 is 22.9 Å². The van der Waals surface area contributed by atoms with Crippen LogP contribution in [0.4, 0.5) is 10.8 Å². The SMILES string of the molecule is N#CC1=C(/N=C/c2ccccc2)Oc2nc(Nc3ccc(S(N)(=O)=O)cc3)sc2C1c1ccc(Cl)cc1. The second-order valence-electron chi connectivity index (χ2n) is 7.97. The minimum atomic E-state index is -3.80. The maximum atomic E-state index is 11.5. The largest absolute Gasteiger partial charge is 0.418 e. The zero-order chi connectivity index (χ0) is 26.0. The van der Waals surface area contributed by atoms with E-state index < -0.39 is 15.9 Å². The van der Waals surface area contributed by atoms with Crippen LogP contribution in [0.15, 0.2) is 100 Å². The highest BCUT2D eigenvalue weighted by molar-refractivity contribution is 7.89. The number of nitrogens with one attached hydrogen (secondary N) is 1. The van der Waals surface area contributed by atoms with Gasteiger partial charge in [0, 0.05) is 16.9 Å². The third-order valence-corrected chi connectivity index (χ3v) is 7.68. The molecule has 2 heterocycles. The van der Waals surface area contributed by atoms with Gasteiger partial charge in [0.2, 0.25) is 21.8 Å². The number of rotatable bonds is 6. The van der Waals surface area contributed by atoms with Gasteiger partial charge in [-0.3, -0.25) is 0 Å². The minimum Gasteiger partial charge on any atom is -0.418 e. The lowest BCUT2D eigenvalue weighted by Gasteiger charge is -2.22. The maximum Gasteiger partial charge on any atom is 0.238 e. The zero-order valence-corrected chi connectivity index (χ0v) is 21.4. The van der Waals surface area contributed by atoms with E-state index in [0.29, 0.717) is 27.3 Å². The van der Waals surface area contributed by atoms with Crippen molar-refractivity contribution in [1.29, 1.82) is 5.26 Å². The van der Waals surface area contributed by atoms with E-state index in [0.717, 1.165) is 16.0 Å². The Morgan fingerprint density at radius 1 is 1.08 bits per heavy atom. The molecule has 184 valence electrons. The molecule has 0 saturated carbocycles. The lowest BCUT2D eigenvalue weighted by Crippen LogP contribution is -2.14. The quantitative estimate of drug-likeness (QED) is 0.304. The van der Waals surface area contributed by atoms with Gasteiger partial charge in [0.25, 0.3) is 0 Å². The fourth-order valence-electron chi connectivity index (χ4n) is 3.73. The van der Waals surface area contributed by atoms with Crippen molar-refractivity contribution in [2.75, 3.05) is 5.32 Å². The molecule has 1 atom stereocenters. The number of aromatic nitrogens is 1. The monoisotopic (exact) mass is 547 g/mol. The van der Waals surface area contributed by atoms with Crippen LogP contribution < -0.4 is 15.2 Å². The molecule has 4 aromatic rings. The van der Waals surface area contributed by atoms with Gasteiger partial charge in [0.05, 0.1) is 15.7 Å². The number of allylic oxidation sites excluding steroid dienone is 1. The Balaban J connectivity index is 1.53. The summed E-state index contributed by atoms with van der Waals surface area (Å²) in [7, 11) is -3.80. The summed E-state index contributed by atoms with van der Waals surface area (Å²) >= 11 is 7.43. The van der Waals surface area contributed by atoms with Crippen LogP contribution in [0.25, 0.3) is 0 Å². The highest BCUT2D eigenvalue weighted by Gasteiger charge is 2.35. The van der Waals surface area contributed by atoms with Crippen molar-refractivity contribution in [1.82, 2.24) is 4.98 Å². The lowest BCUT2D eigenvalue weighted by molar-refractivity contribution is 0.384. The lowest BCUT2D eigenvalue weighted by atomic mass is 9.89. The summed E-state index contributed by atoms with van der Waals surface area (Å²) in [5.74, 6) is 0.0210. The molecule has 0 amide bonds. The molecule has 1 unspecified atom stereocenters. The van der Waals surface area contributed by atoms with Gasteiger partial charge in [-0.1, -0.05) is 65.4 Å². The number of fused-ring (bicyclic) bond motifs is 1. The number of aliphatic imine (C=N–C) groups is 1. The molecule has 0 spiro atoms.